The maximum atomic E-state index is 11.3. The van der Waals surface area contributed by atoms with E-state index in [0.29, 0.717) is 12.2 Å². The van der Waals surface area contributed by atoms with Crippen LogP contribution in [0, 0.1) is 11.3 Å². The molecule has 1 saturated heterocycles. The molecule has 2 aromatic rings. The molecule has 0 aliphatic carbocycles. The quantitative estimate of drug-likeness (QED) is 0.700. The Kier molecular flexibility index (Phi) is 2.89. The predicted octanol–water partition coefficient (Wildman–Crippen LogP) is -0.937. The Balaban J connectivity index is 1.78. The maximum absolute atomic E-state index is 11.3. The van der Waals surface area contributed by atoms with Crippen molar-refractivity contribution in [2.45, 2.75) is 0 Å². The lowest BCUT2D eigenvalue weighted by Crippen LogP contribution is -2.46. The highest BCUT2D eigenvalue weighted by atomic mass is 16.1. The largest absolute Gasteiger partial charge is 0.354 e. The number of nitrogens with zero attached hydrogens (tertiary/aromatic N) is 6. The summed E-state index contributed by atoms with van der Waals surface area (Å²) in [5.74, 6) is 0.808. The van der Waals surface area contributed by atoms with E-state index in [9.17, 15) is 4.79 Å². The molecule has 0 unspecified atom stereocenters. The molecule has 0 saturated carbocycles. The van der Waals surface area contributed by atoms with E-state index in [0.717, 1.165) is 32.0 Å². The molecule has 0 bridgehead atoms. The lowest BCUT2D eigenvalue weighted by Gasteiger charge is -2.33. The van der Waals surface area contributed by atoms with Crippen LogP contribution in [0.4, 0.5) is 5.82 Å². The van der Waals surface area contributed by atoms with Crippen LogP contribution in [0.3, 0.4) is 0 Å². The fourth-order valence-corrected chi connectivity index (χ4v) is 2.21. The molecule has 3 heterocycles. The number of fused-ring (bicyclic) bond motifs is 1. The van der Waals surface area contributed by atoms with Gasteiger partial charge < -0.3 is 4.90 Å². The fourth-order valence-electron chi connectivity index (χ4n) is 2.21. The Bertz CT molecular complexity index is 674. The summed E-state index contributed by atoms with van der Waals surface area (Å²) in [7, 11) is 0. The minimum absolute atomic E-state index is 0.284. The highest BCUT2D eigenvalue weighted by Gasteiger charge is 2.18. The van der Waals surface area contributed by atoms with E-state index in [1.165, 1.54) is 10.7 Å². The minimum atomic E-state index is -0.284. The number of anilines is 1. The third-order valence-electron chi connectivity index (χ3n) is 3.29. The lowest BCUT2D eigenvalue weighted by atomic mass is 10.3. The first kappa shape index (κ1) is 11.7. The van der Waals surface area contributed by atoms with Crippen molar-refractivity contribution in [3.63, 3.8) is 0 Å². The smallest absolute Gasteiger partial charge is 0.348 e. The van der Waals surface area contributed by atoms with Gasteiger partial charge in [-0.1, -0.05) is 0 Å². The zero-order valence-electron chi connectivity index (χ0n) is 10.3. The molecular formula is C11H13N7O. The summed E-state index contributed by atoms with van der Waals surface area (Å²) in [6.45, 7) is 3.79. The second-order valence-corrected chi connectivity index (χ2v) is 4.43. The summed E-state index contributed by atoms with van der Waals surface area (Å²) in [5.41, 5.74) is 0.280. The maximum Gasteiger partial charge on any atom is 0.348 e. The van der Waals surface area contributed by atoms with Gasteiger partial charge in [0.25, 0.3) is 0 Å². The first-order valence-corrected chi connectivity index (χ1v) is 6.05. The van der Waals surface area contributed by atoms with Gasteiger partial charge in [-0.25, -0.2) is 19.3 Å². The Morgan fingerprint density at radius 2 is 2.16 bits per heavy atom. The second kappa shape index (κ2) is 4.70. The van der Waals surface area contributed by atoms with Crippen molar-refractivity contribution in [3.05, 3.63) is 22.9 Å². The zero-order chi connectivity index (χ0) is 13.2. The topological polar surface area (TPSA) is 93.3 Å². The molecule has 1 aliphatic rings. The standard InChI is InChI=1S/C11H13N7O/c12-1-2-16-3-5-17(6-4-16)9-7-10-14-15-11(19)18(10)8-13-9/h7-8H,2-6H2,(H,15,19). The van der Waals surface area contributed by atoms with Crippen molar-refractivity contribution in [3.8, 4) is 6.07 Å². The van der Waals surface area contributed by atoms with E-state index in [1.54, 1.807) is 6.07 Å². The van der Waals surface area contributed by atoms with Crippen molar-refractivity contribution in [2.75, 3.05) is 37.6 Å². The van der Waals surface area contributed by atoms with Crippen molar-refractivity contribution < 1.29 is 0 Å². The number of piperazine rings is 1. The van der Waals surface area contributed by atoms with E-state index in [4.69, 9.17) is 5.26 Å². The predicted molar refractivity (Wildman–Crippen MR) is 67.9 cm³/mol. The number of nitriles is 1. The van der Waals surface area contributed by atoms with E-state index in [2.05, 4.69) is 31.1 Å². The van der Waals surface area contributed by atoms with Crippen LogP contribution in [-0.4, -0.2) is 57.2 Å². The Hall–Kier alpha value is -2.40. The number of H-pyrrole nitrogens is 1. The van der Waals surface area contributed by atoms with Crippen LogP contribution >= 0.6 is 0 Å². The average molecular weight is 259 g/mol. The molecule has 1 fully saturated rings. The molecule has 0 aromatic carbocycles. The first-order chi connectivity index (χ1) is 9.28. The molecule has 1 N–H and O–H groups in total. The minimum Gasteiger partial charge on any atom is -0.354 e. The molecular weight excluding hydrogens is 246 g/mol. The van der Waals surface area contributed by atoms with Crippen molar-refractivity contribution in [2.24, 2.45) is 0 Å². The first-order valence-electron chi connectivity index (χ1n) is 6.05. The van der Waals surface area contributed by atoms with Gasteiger partial charge in [-0.3, -0.25) is 4.90 Å². The van der Waals surface area contributed by atoms with Gasteiger partial charge >= 0.3 is 5.69 Å². The monoisotopic (exact) mass is 259 g/mol. The van der Waals surface area contributed by atoms with Gasteiger partial charge in [-0.05, 0) is 0 Å². The van der Waals surface area contributed by atoms with Crippen molar-refractivity contribution in [1.29, 1.82) is 5.26 Å². The van der Waals surface area contributed by atoms with E-state index >= 15 is 0 Å². The number of hydrogen-bond acceptors (Lipinski definition) is 6. The third kappa shape index (κ3) is 2.15. The number of rotatable bonds is 2. The van der Waals surface area contributed by atoms with Gasteiger partial charge in [0.05, 0.1) is 12.6 Å². The van der Waals surface area contributed by atoms with E-state index in [1.807, 2.05) is 0 Å². The summed E-state index contributed by atoms with van der Waals surface area (Å²) < 4.78 is 1.37. The number of aromatic amines is 1. The highest BCUT2D eigenvalue weighted by Crippen LogP contribution is 2.13. The molecule has 19 heavy (non-hydrogen) atoms. The van der Waals surface area contributed by atoms with Crippen LogP contribution in [0.2, 0.25) is 0 Å². The summed E-state index contributed by atoms with van der Waals surface area (Å²) in [4.78, 5) is 19.9. The van der Waals surface area contributed by atoms with Gasteiger partial charge in [0, 0.05) is 32.2 Å². The molecule has 2 aromatic heterocycles. The normalized spacial score (nSPS) is 16.7. The van der Waals surface area contributed by atoms with Crippen LogP contribution in [-0.2, 0) is 0 Å². The van der Waals surface area contributed by atoms with Crippen LogP contribution in [0.15, 0.2) is 17.2 Å². The van der Waals surface area contributed by atoms with E-state index in [-0.39, 0.29) is 5.69 Å². The lowest BCUT2D eigenvalue weighted by molar-refractivity contribution is 0.286. The van der Waals surface area contributed by atoms with Gasteiger partial charge in [0.1, 0.15) is 12.1 Å². The number of nitrogens with one attached hydrogen (secondary N) is 1. The molecule has 0 amide bonds. The van der Waals surface area contributed by atoms with Crippen LogP contribution < -0.4 is 10.6 Å². The summed E-state index contributed by atoms with van der Waals surface area (Å²) in [5, 5.41) is 15.0. The van der Waals surface area contributed by atoms with Crippen LogP contribution in [0.5, 0.6) is 0 Å². The van der Waals surface area contributed by atoms with E-state index < -0.39 is 0 Å². The number of aromatic nitrogens is 4. The van der Waals surface area contributed by atoms with Gasteiger partial charge in [-0.15, -0.1) is 0 Å². The summed E-state index contributed by atoms with van der Waals surface area (Å²) in [6, 6.07) is 3.95. The molecule has 0 atom stereocenters. The Morgan fingerprint density at radius 3 is 2.89 bits per heavy atom. The Labute approximate surface area is 108 Å². The number of hydrogen-bond donors (Lipinski definition) is 1. The SMILES string of the molecule is N#CCN1CCN(c2cc3n[nH]c(=O)n3cn2)CC1. The molecule has 98 valence electrons. The molecule has 0 radical (unpaired) electrons. The molecule has 0 spiro atoms. The van der Waals surface area contributed by atoms with Crippen LogP contribution in [0.1, 0.15) is 0 Å². The molecule has 1 aliphatic heterocycles. The zero-order valence-corrected chi connectivity index (χ0v) is 10.3. The summed E-state index contributed by atoms with van der Waals surface area (Å²) >= 11 is 0. The van der Waals surface area contributed by atoms with Gasteiger partial charge in [0.15, 0.2) is 5.65 Å². The average Bonchev–Trinajstić information content (AvgIpc) is 2.81. The molecule has 3 rings (SSSR count). The van der Waals surface area contributed by atoms with Crippen molar-refractivity contribution >= 4 is 11.5 Å². The van der Waals surface area contributed by atoms with Crippen molar-refractivity contribution in [1.82, 2.24) is 24.5 Å². The third-order valence-corrected chi connectivity index (χ3v) is 3.29. The van der Waals surface area contributed by atoms with Crippen LogP contribution in [0.25, 0.3) is 5.65 Å². The second-order valence-electron chi connectivity index (χ2n) is 4.43. The summed E-state index contributed by atoms with van der Waals surface area (Å²) in [6.07, 6.45) is 1.48. The highest BCUT2D eigenvalue weighted by molar-refractivity contribution is 5.50. The molecule has 8 nitrogen and oxygen atoms in total. The fraction of sp³-hybridized carbons (Fsp3) is 0.455. The van der Waals surface area contributed by atoms with Gasteiger partial charge in [0.2, 0.25) is 0 Å². The molecule has 8 heteroatoms. The Morgan fingerprint density at radius 1 is 1.37 bits per heavy atom. The van der Waals surface area contributed by atoms with Gasteiger partial charge in [-0.2, -0.15) is 10.4 Å².